The summed E-state index contributed by atoms with van der Waals surface area (Å²) in [5.74, 6) is 1.86. The topological polar surface area (TPSA) is 9.23 Å². The van der Waals surface area contributed by atoms with Crippen LogP contribution in [0, 0.1) is 11.8 Å². The van der Waals surface area contributed by atoms with Crippen LogP contribution in [0.1, 0.15) is 52.9 Å². The summed E-state index contributed by atoms with van der Waals surface area (Å²) in [4.78, 5) is 0. The summed E-state index contributed by atoms with van der Waals surface area (Å²) in [6.45, 7) is 7.55. The molecule has 1 saturated carbocycles. The van der Waals surface area contributed by atoms with Crippen LogP contribution in [0.5, 0.6) is 0 Å². The van der Waals surface area contributed by atoms with Crippen molar-refractivity contribution < 1.29 is 4.74 Å². The van der Waals surface area contributed by atoms with Gasteiger partial charge >= 0.3 is 0 Å². The molecule has 0 bridgehead atoms. The molecule has 0 aliphatic heterocycles. The molecule has 1 rings (SSSR count). The lowest BCUT2D eigenvalue weighted by Gasteiger charge is -2.28. The minimum Gasteiger partial charge on any atom is -0.379 e. The Morgan fingerprint density at radius 3 is 2.08 bits per heavy atom. The molecule has 0 spiro atoms. The number of rotatable bonds is 4. The first-order valence-electron chi connectivity index (χ1n) is 5.84. The van der Waals surface area contributed by atoms with Gasteiger partial charge in [0.2, 0.25) is 0 Å². The van der Waals surface area contributed by atoms with Crippen LogP contribution in [-0.2, 0) is 4.74 Å². The minimum atomic E-state index is 0.406. The molecular formula is C12H24O. The molecule has 0 amide bonds. The second-order valence-corrected chi connectivity index (χ2v) is 4.68. The Balaban J connectivity index is 2.10. The van der Waals surface area contributed by atoms with E-state index < -0.39 is 0 Å². The number of hydrogen-bond acceptors (Lipinski definition) is 1. The second-order valence-electron chi connectivity index (χ2n) is 4.68. The van der Waals surface area contributed by atoms with E-state index in [2.05, 4.69) is 20.8 Å². The molecular weight excluding hydrogens is 160 g/mol. The zero-order valence-electron chi connectivity index (χ0n) is 9.38. The molecule has 0 N–H and O–H groups in total. The third-order valence-electron chi connectivity index (χ3n) is 3.21. The zero-order chi connectivity index (χ0) is 9.68. The Bertz CT molecular complexity index is 123. The molecule has 0 aromatic heterocycles. The average molecular weight is 184 g/mol. The maximum Gasteiger partial charge on any atom is 0.0519 e. The molecule has 78 valence electrons. The van der Waals surface area contributed by atoms with E-state index in [0.717, 1.165) is 18.4 Å². The van der Waals surface area contributed by atoms with E-state index in [1.165, 1.54) is 32.1 Å². The van der Waals surface area contributed by atoms with Gasteiger partial charge < -0.3 is 4.74 Å². The summed E-state index contributed by atoms with van der Waals surface area (Å²) in [5.41, 5.74) is 0. The van der Waals surface area contributed by atoms with E-state index in [-0.39, 0.29) is 0 Å². The molecule has 1 heteroatoms. The lowest BCUT2D eigenvalue weighted by atomic mass is 9.81. The fourth-order valence-corrected chi connectivity index (χ4v) is 2.13. The van der Waals surface area contributed by atoms with Crippen molar-refractivity contribution in [3.05, 3.63) is 0 Å². The van der Waals surface area contributed by atoms with E-state index in [0.29, 0.717) is 6.10 Å². The van der Waals surface area contributed by atoms with E-state index in [1.807, 2.05) is 0 Å². The highest BCUT2D eigenvalue weighted by atomic mass is 16.5. The highest BCUT2D eigenvalue weighted by molar-refractivity contribution is 4.71. The van der Waals surface area contributed by atoms with Crippen molar-refractivity contribution in [2.24, 2.45) is 11.8 Å². The molecule has 0 unspecified atom stereocenters. The van der Waals surface area contributed by atoms with Gasteiger partial charge in [0.25, 0.3) is 0 Å². The fraction of sp³-hybridized carbons (Fsp3) is 1.00. The zero-order valence-corrected chi connectivity index (χ0v) is 9.38. The molecule has 0 aromatic carbocycles. The molecule has 0 radical (unpaired) electrons. The highest BCUT2D eigenvalue weighted by Gasteiger charge is 2.19. The van der Waals surface area contributed by atoms with E-state index in [1.54, 1.807) is 0 Å². The van der Waals surface area contributed by atoms with Crippen molar-refractivity contribution in [2.45, 2.75) is 59.0 Å². The van der Waals surface area contributed by atoms with Crippen LogP contribution in [0.3, 0.4) is 0 Å². The summed E-state index contributed by atoms with van der Waals surface area (Å²) < 4.78 is 5.65. The normalized spacial score (nSPS) is 29.5. The van der Waals surface area contributed by atoms with Gasteiger partial charge in [0, 0.05) is 6.61 Å². The van der Waals surface area contributed by atoms with Crippen molar-refractivity contribution >= 4 is 0 Å². The van der Waals surface area contributed by atoms with Gasteiger partial charge in [-0.05, 0) is 38.5 Å². The number of ether oxygens (including phenoxy) is 1. The molecule has 1 aliphatic rings. The standard InChI is InChI=1S/C12H24O/c1-4-11-5-7-12(8-6-11)9-13-10(2)3/h10-12H,4-9H2,1-3H3. The number of hydrogen-bond donors (Lipinski definition) is 0. The Morgan fingerprint density at radius 1 is 1.08 bits per heavy atom. The summed E-state index contributed by atoms with van der Waals surface area (Å²) in [6.07, 6.45) is 7.43. The van der Waals surface area contributed by atoms with Gasteiger partial charge in [0.05, 0.1) is 6.10 Å². The summed E-state index contributed by atoms with van der Waals surface area (Å²) >= 11 is 0. The van der Waals surface area contributed by atoms with E-state index >= 15 is 0 Å². The largest absolute Gasteiger partial charge is 0.379 e. The Labute approximate surface area is 82.9 Å². The predicted octanol–water partition coefficient (Wildman–Crippen LogP) is 3.63. The lowest BCUT2D eigenvalue weighted by molar-refractivity contribution is 0.0364. The lowest BCUT2D eigenvalue weighted by Crippen LogP contribution is -2.20. The molecule has 0 aromatic rings. The van der Waals surface area contributed by atoms with E-state index in [4.69, 9.17) is 4.74 Å². The maximum absolute atomic E-state index is 5.65. The molecule has 1 nitrogen and oxygen atoms in total. The second kappa shape index (κ2) is 5.64. The van der Waals surface area contributed by atoms with Crippen molar-refractivity contribution in [3.63, 3.8) is 0 Å². The first-order valence-corrected chi connectivity index (χ1v) is 5.84. The van der Waals surface area contributed by atoms with Gasteiger partial charge in [0.15, 0.2) is 0 Å². The summed E-state index contributed by atoms with van der Waals surface area (Å²) in [6, 6.07) is 0. The SMILES string of the molecule is CCC1CCC(COC(C)C)CC1. The first-order chi connectivity index (χ1) is 6.22. The van der Waals surface area contributed by atoms with Crippen LogP contribution in [0.15, 0.2) is 0 Å². The molecule has 1 aliphatic carbocycles. The Morgan fingerprint density at radius 2 is 1.62 bits per heavy atom. The smallest absolute Gasteiger partial charge is 0.0519 e. The third kappa shape index (κ3) is 4.12. The van der Waals surface area contributed by atoms with Crippen molar-refractivity contribution in [3.8, 4) is 0 Å². The molecule has 0 heterocycles. The van der Waals surface area contributed by atoms with Gasteiger partial charge in [-0.25, -0.2) is 0 Å². The molecule has 13 heavy (non-hydrogen) atoms. The third-order valence-corrected chi connectivity index (χ3v) is 3.21. The van der Waals surface area contributed by atoms with Crippen LogP contribution in [-0.4, -0.2) is 12.7 Å². The summed E-state index contributed by atoms with van der Waals surface area (Å²) in [5, 5.41) is 0. The maximum atomic E-state index is 5.65. The van der Waals surface area contributed by atoms with Crippen molar-refractivity contribution in [1.29, 1.82) is 0 Å². The Hall–Kier alpha value is -0.0400. The van der Waals surface area contributed by atoms with Gasteiger partial charge in [-0.1, -0.05) is 26.2 Å². The highest BCUT2D eigenvalue weighted by Crippen LogP contribution is 2.30. The van der Waals surface area contributed by atoms with Gasteiger partial charge in [-0.15, -0.1) is 0 Å². The molecule has 0 atom stereocenters. The van der Waals surface area contributed by atoms with Crippen LogP contribution in [0.4, 0.5) is 0 Å². The predicted molar refractivity (Wildman–Crippen MR) is 56.8 cm³/mol. The summed E-state index contributed by atoms with van der Waals surface area (Å²) in [7, 11) is 0. The van der Waals surface area contributed by atoms with Crippen LogP contribution in [0.25, 0.3) is 0 Å². The van der Waals surface area contributed by atoms with Gasteiger partial charge in [-0.2, -0.15) is 0 Å². The van der Waals surface area contributed by atoms with Crippen molar-refractivity contribution in [1.82, 2.24) is 0 Å². The minimum absolute atomic E-state index is 0.406. The molecule has 0 saturated heterocycles. The van der Waals surface area contributed by atoms with E-state index in [9.17, 15) is 0 Å². The van der Waals surface area contributed by atoms with Gasteiger partial charge in [0.1, 0.15) is 0 Å². The fourth-order valence-electron chi connectivity index (χ4n) is 2.13. The quantitative estimate of drug-likeness (QED) is 0.648. The van der Waals surface area contributed by atoms with Gasteiger partial charge in [-0.3, -0.25) is 0 Å². The van der Waals surface area contributed by atoms with Crippen LogP contribution >= 0.6 is 0 Å². The molecule has 1 fully saturated rings. The van der Waals surface area contributed by atoms with Crippen LogP contribution < -0.4 is 0 Å². The van der Waals surface area contributed by atoms with Crippen LogP contribution in [0.2, 0.25) is 0 Å². The average Bonchev–Trinajstić information content (AvgIpc) is 2.15. The monoisotopic (exact) mass is 184 g/mol. The van der Waals surface area contributed by atoms with Crippen molar-refractivity contribution in [2.75, 3.05) is 6.61 Å². The first kappa shape index (κ1) is 11.0. The Kier molecular flexibility index (Phi) is 4.79.